The molecule has 1 aliphatic carbocycles. The number of nitrogens with zero attached hydrogens (tertiary/aromatic N) is 1. The second-order valence-electron chi connectivity index (χ2n) is 3.42. The number of carbonyl (C=O) groups is 2. The van der Waals surface area contributed by atoms with Crippen molar-refractivity contribution in [2.45, 2.75) is 18.4 Å². The minimum Gasteiger partial charge on any atom is -0.480 e. The summed E-state index contributed by atoms with van der Waals surface area (Å²) in [6, 6.07) is 0. The minimum absolute atomic E-state index is 0.104. The van der Waals surface area contributed by atoms with Crippen LogP contribution in [0.5, 0.6) is 0 Å². The molecule has 4 N–H and O–H groups in total. The lowest BCUT2D eigenvalue weighted by molar-refractivity contribution is -0.142. The third-order valence-electron chi connectivity index (χ3n) is 2.27. The highest BCUT2D eigenvalue weighted by Crippen LogP contribution is 2.35. The van der Waals surface area contributed by atoms with Gasteiger partial charge in [-0.3, -0.25) is 9.79 Å². The Labute approximate surface area is 92.5 Å². The Hall–Kier alpha value is -2.11. The predicted molar refractivity (Wildman–Crippen MR) is 58.7 cm³/mol. The number of carbonyl (C=O) groups excluding carboxylic acids is 1. The lowest BCUT2D eigenvalue weighted by atomic mass is 10.2. The minimum atomic E-state index is -1.12. The number of aliphatic carboxylic acids is 1. The number of aliphatic imine (C=N–C) groups is 1. The van der Waals surface area contributed by atoms with Gasteiger partial charge in [-0.15, -0.1) is 0 Å². The van der Waals surface area contributed by atoms with E-state index in [2.05, 4.69) is 16.9 Å². The molecule has 1 saturated carbocycles. The number of nitrogens with two attached hydrogens (primary N) is 1. The third-order valence-corrected chi connectivity index (χ3v) is 2.27. The normalized spacial score (nSPS) is 18.1. The van der Waals surface area contributed by atoms with Crippen molar-refractivity contribution >= 4 is 18.1 Å². The molecule has 0 saturated heterocycles. The van der Waals surface area contributed by atoms with E-state index in [-0.39, 0.29) is 5.57 Å². The molecule has 0 heterocycles. The standard InChI is InChI=1S/C10H13N3O3/c1-2-12-6-7(5-11)8(14)13-10(3-4-10)9(15)16/h2,5-6H,1,3-4,11H2,(H,13,14)(H,15,16)/b7-5+,12-6?. The van der Waals surface area contributed by atoms with E-state index in [4.69, 9.17) is 10.8 Å². The third kappa shape index (κ3) is 2.47. The van der Waals surface area contributed by atoms with Crippen molar-refractivity contribution in [3.05, 3.63) is 24.6 Å². The van der Waals surface area contributed by atoms with Crippen molar-refractivity contribution in [2.75, 3.05) is 0 Å². The number of hydrogen-bond acceptors (Lipinski definition) is 4. The van der Waals surface area contributed by atoms with Crippen LogP contribution in [0.1, 0.15) is 12.8 Å². The first-order valence-corrected chi connectivity index (χ1v) is 4.67. The summed E-state index contributed by atoms with van der Waals surface area (Å²) in [6.45, 7) is 3.35. The zero-order valence-corrected chi connectivity index (χ0v) is 8.64. The predicted octanol–water partition coefficient (Wildman–Crippen LogP) is -0.223. The molecular weight excluding hydrogens is 210 g/mol. The maximum Gasteiger partial charge on any atom is 0.329 e. The highest BCUT2D eigenvalue weighted by atomic mass is 16.4. The molecule has 0 aromatic rings. The maximum absolute atomic E-state index is 11.6. The molecule has 1 aliphatic rings. The summed E-state index contributed by atoms with van der Waals surface area (Å²) in [5.41, 5.74) is 4.22. The van der Waals surface area contributed by atoms with Crippen LogP contribution in [0.2, 0.25) is 0 Å². The molecule has 16 heavy (non-hydrogen) atoms. The number of rotatable bonds is 5. The average Bonchev–Trinajstić information content (AvgIpc) is 3.00. The molecule has 0 aliphatic heterocycles. The lowest BCUT2D eigenvalue weighted by Gasteiger charge is -2.12. The molecule has 1 rings (SSSR count). The van der Waals surface area contributed by atoms with Crippen LogP contribution in [-0.2, 0) is 9.59 Å². The first-order valence-electron chi connectivity index (χ1n) is 4.67. The van der Waals surface area contributed by atoms with Crippen LogP contribution >= 0.6 is 0 Å². The van der Waals surface area contributed by atoms with E-state index in [0.29, 0.717) is 12.8 Å². The second-order valence-corrected chi connectivity index (χ2v) is 3.42. The van der Waals surface area contributed by atoms with Crippen molar-refractivity contribution < 1.29 is 14.7 Å². The van der Waals surface area contributed by atoms with Crippen molar-refractivity contribution in [2.24, 2.45) is 10.7 Å². The molecule has 0 aromatic heterocycles. The van der Waals surface area contributed by atoms with Gasteiger partial charge in [-0.1, -0.05) is 6.58 Å². The van der Waals surface area contributed by atoms with E-state index < -0.39 is 17.4 Å². The molecule has 1 fully saturated rings. The van der Waals surface area contributed by atoms with Gasteiger partial charge in [0.1, 0.15) is 5.54 Å². The number of amides is 1. The molecular formula is C10H13N3O3. The Bertz CT molecular complexity index is 381. The van der Waals surface area contributed by atoms with Crippen molar-refractivity contribution in [1.82, 2.24) is 5.32 Å². The largest absolute Gasteiger partial charge is 0.480 e. The Morgan fingerprint density at radius 3 is 2.50 bits per heavy atom. The molecule has 0 radical (unpaired) electrons. The topological polar surface area (TPSA) is 105 Å². The zero-order valence-electron chi connectivity index (χ0n) is 8.64. The van der Waals surface area contributed by atoms with Crippen molar-refractivity contribution in [3.63, 3.8) is 0 Å². The first kappa shape index (κ1) is 12.0. The van der Waals surface area contributed by atoms with Gasteiger partial charge in [0.25, 0.3) is 5.91 Å². The molecule has 0 unspecified atom stereocenters. The van der Waals surface area contributed by atoms with E-state index >= 15 is 0 Å². The van der Waals surface area contributed by atoms with Crippen LogP contribution in [0.25, 0.3) is 0 Å². The van der Waals surface area contributed by atoms with Gasteiger partial charge in [-0.05, 0) is 12.8 Å². The molecule has 0 bridgehead atoms. The summed E-state index contributed by atoms with van der Waals surface area (Å²) in [7, 11) is 0. The van der Waals surface area contributed by atoms with E-state index in [1.165, 1.54) is 12.4 Å². The van der Waals surface area contributed by atoms with Crippen LogP contribution in [0.15, 0.2) is 29.5 Å². The summed E-state index contributed by atoms with van der Waals surface area (Å²) in [5.74, 6) is -1.58. The quantitative estimate of drug-likeness (QED) is 0.442. The van der Waals surface area contributed by atoms with Crippen LogP contribution in [0.3, 0.4) is 0 Å². The van der Waals surface area contributed by atoms with Gasteiger partial charge in [0.2, 0.25) is 0 Å². The molecule has 0 aromatic carbocycles. The molecule has 0 spiro atoms. The lowest BCUT2D eigenvalue weighted by Crippen LogP contribution is -2.44. The fourth-order valence-electron chi connectivity index (χ4n) is 1.12. The summed E-state index contributed by atoms with van der Waals surface area (Å²) < 4.78 is 0. The van der Waals surface area contributed by atoms with Crippen LogP contribution < -0.4 is 11.1 Å². The van der Waals surface area contributed by atoms with Crippen molar-refractivity contribution in [3.8, 4) is 0 Å². The Morgan fingerprint density at radius 1 is 1.50 bits per heavy atom. The SMILES string of the molecule is C=CN=C/C(=C\N)C(=O)NC1(C(=O)O)CC1. The number of carboxylic acids is 1. The Balaban J connectivity index is 2.68. The Kier molecular flexibility index (Phi) is 3.44. The van der Waals surface area contributed by atoms with Gasteiger partial charge in [0.15, 0.2) is 0 Å². The summed E-state index contributed by atoms with van der Waals surface area (Å²) >= 11 is 0. The monoisotopic (exact) mass is 223 g/mol. The van der Waals surface area contributed by atoms with Crippen LogP contribution in [-0.4, -0.2) is 28.7 Å². The molecule has 1 amide bonds. The van der Waals surface area contributed by atoms with Crippen LogP contribution in [0, 0.1) is 0 Å². The highest BCUT2D eigenvalue weighted by molar-refractivity contribution is 6.13. The van der Waals surface area contributed by atoms with E-state index in [1.54, 1.807) is 0 Å². The first-order chi connectivity index (χ1) is 7.55. The van der Waals surface area contributed by atoms with Crippen LogP contribution in [0.4, 0.5) is 0 Å². The highest BCUT2D eigenvalue weighted by Gasteiger charge is 2.51. The summed E-state index contributed by atoms with van der Waals surface area (Å²) in [5, 5.41) is 11.3. The molecule has 6 heteroatoms. The van der Waals surface area contributed by atoms with Gasteiger partial charge < -0.3 is 16.2 Å². The van der Waals surface area contributed by atoms with E-state index in [1.807, 2.05) is 0 Å². The maximum atomic E-state index is 11.6. The summed E-state index contributed by atoms with van der Waals surface area (Å²) in [4.78, 5) is 26.1. The fourth-order valence-corrected chi connectivity index (χ4v) is 1.12. The van der Waals surface area contributed by atoms with Gasteiger partial charge in [0.05, 0.1) is 5.57 Å². The number of hydrogen-bond donors (Lipinski definition) is 3. The van der Waals surface area contributed by atoms with E-state index in [0.717, 1.165) is 6.20 Å². The molecule has 0 atom stereocenters. The smallest absolute Gasteiger partial charge is 0.329 e. The fraction of sp³-hybridized carbons (Fsp3) is 0.300. The Morgan fingerprint density at radius 2 is 2.12 bits per heavy atom. The average molecular weight is 223 g/mol. The van der Waals surface area contributed by atoms with Gasteiger partial charge >= 0.3 is 5.97 Å². The number of nitrogens with one attached hydrogen (secondary N) is 1. The van der Waals surface area contributed by atoms with Crippen molar-refractivity contribution in [1.29, 1.82) is 0 Å². The van der Waals surface area contributed by atoms with Gasteiger partial charge in [-0.25, -0.2) is 4.79 Å². The van der Waals surface area contributed by atoms with Gasteiger partial charge in [-0.2, -0.15) is 0 Å². The van der Waals surface area contributed by atoms with E-state index in [9.17, 15) is 9.59 Å². The molecule has 86 valence electrons. The number of carboxylic acid groups (broad SMARTS) is 1. The van der Waals surface area contributed by atoms with Gasteiger partial charge in [0, 0.05) is 18.6 Å². The molecule has 6 nitrogen and oxygen atoms in total. The second kappa shape index (κ2) is 4.61. The zero-order chi connectivity index (χ0) is 12.2. The summed E-state index contributed by atoms with van der Waals surface area (Å²) in [6.07, 6.45) is 4.41.